The highest BCUT2D eigenvalue weighted by Gasteiger charge is 2.17. The average molecular weight is 341 g/mol. The van der Waals surface area contributed by atoms with E-state index in [4.69, 9.17) is 5.11 Å². The fourth-order valence-corrected chi connectivity index (χ4v) is 1.91. The molecule has 1 aromatic carbocycles. The number of nitrogens with zero attached hydrogens (tertiary/aromatic N) is 1. The van der Waals surface area contributed by atoms with Crippen molar-refractivity contribution in [3.05, 3.63) is 47.0 Å². The van der Waals surface area contributed by atoms with Gasteiger partial charge in [0.1, 0.15) is 6.54 Å². The molecule has 1 unspecified atom stereocenters. The van der Waals surface area contributed by atoms with Gasteiger partial charge in [-0.25, -0.2) is 4.79 Å². The van der Waals surface area contributed by atoms with E-state index in [1.807, 2.05) is 31.2 Å². The quantitative estimate of drug-likeness (QED) is 0.782. The number of halogens is 1. The summed E-state index contributed by atoms with van der Waals surface area (Å²) in [4.78, 5) is 23.9. The maximum absolute atomic E-state index is 12.0. The SMILES string of the molecule is C=CCN(CC(=O)O)C(=O)NC(C)c1ccc(Br)cc1. The Morgan fingerprint density at radius 2 is 2.05 bits per heavy atom. The molecule has 0 fully saturated rings. The molecular formula is C14H17BrN2O3. The van der Waals surface area contributed by atoms with Gasteiger partial charge < -0.3 is 15.3 Å². The van der Waals surface area contributed by atoms with Gasteiger partial charge in [-0.05, 0) is 24.6 Å². The Morgan fingerprint density at radius 3 is 2.55 bits per heavy atom. The molecule has 1 rings (SSSR count). The Hall–Kier alpha value is -1.82. The summed E-state index contributed by atoms with van der Waals surface area (Å²) in [5.74, 6) is -1.06. The maximum Gasteiger partial charge on any atom is 0.323 e. The van der Waals surface area contributed by atoms with Crippen LogP contribution < -0.4 is 5.32 Å². The molecule has 6 heteroatoms. The zero-order valence-corrected chi connectivity index (χ0v) is 12.8. The van der Waals surface area contributed by atoms with Gasteiger partial charge in [-0.3, -0.25) is 4.79 Å². The summed E-state index contributed by atoms with van der Waals surface area (Å²) in [5.41, 5.74) is 0.940. The van der Waals surface area contributed by atoms with Crippen molar-refractivity contribution in [2.45, 2.75) is 13.0 Å². The molecule has 5 nitrogen and oxygen atoms in total. The second kappa shape index (κ2) is 7.69. The molecule has 1 aromatic rings. The molecular weight excluding hydrogens is 324 g/mol. The first-order valence-corrected chi connectivity index (χ1v) is 6.87. The van der Waals surface area contributed by atoms with E-state index in [0.717, 1.165) is 10.0 Å². The fourth-order valence-electron chi connectivity index (χ4n) is 1.65. The smallest absolute Gasteiger partial charge is 0.323 e. The van der Waals surface area contributed by atoms with Crippen molar-refractivity contribution in [1.29, 1.82) is 0 Å². The number of aliphatic carboxylic acids is 1. The van der Waals surface area contributed by atoms with Gasteiger partial charge in [-0.2, -0.15) is 0 Å². The number of amides is 2. The number of carbonyl (C=O) groups excluding carboxylic acids is 1. The molecule has 0 spiro atoms. The van der Waals surface area contributed by atoms with Gasteiger partial charge >= 0.3 is 12.0 Å². The van der Waals surface area contributed by atoms with E-state index >= 15 is 0 Å². The lowest BCUT2D eigenvalue weighted by molar-refractivity contribution is -0.137. The maximum atomic E-state index is 12.0. The van der Waals surface area contributed by atoms with E-state index in [1.54, 1.807) is 0 Å². The van der Waals surface area contributed by atoms with Crippen molar-refractivity contribution >= 4 is 27.9 Å². The van der Waals surface area contributed by atoms with Crippen LogP contribution in [0.3, 0.4) is 0 Å². The molecule has 0 aliphatic carbocycles. The minimum absolute atomic E-state index is 0.186. The van der Waals surface area contributed by atoms with E-state index in [2.05, 4.69) is 27.8 Å². The third kappa shape index (κ3) is 5.05. The van der Waals surface area contributed by atoms with Crippen molar-refractivity contribution in [2.75, 3.05) is 13.1 Å². The lowest BCUT2D eigenvalue weighted by atomic mass is 10.1. The van der Waals surface area contributed by atoms with E-state index < -0.39 is 12.0 Å². The summed E-state index contributed by atoms with van der Waals surface area (Å²) < 4.78 is 0.957. The summed E-state index contributed by atoms with van der Waals surface area (Å²) in [6.45, 7) is 5.19. The van der Waals surface area contributed by atoms with Crippen molar-refractivity contribution < 1.29 is 14.7 Å². The number of hydrogen-bond acceptors (Lipinski definition) is 2. The van der Waals surface area contributed by atoms with Crippen LogP contribution in [0.1, 0.15) is 18.5 Å². The van der Waals surface area contributed by atoms with E-state index in [0.29, 0.717) is 0 Å². The zero-order valence-electron chi connectivity index (χ0n) is 11.2. The summed E-state index contributed by atoms with van der Waals surface area (Å²) in [7, 11) is 0. The van der Waals surface area contributed by atoms with Gasteiger partial charge in [0.2, 0.25) is 0 Å². The van der Waals surface area contributed by atoms with Crippen molar-refractivity contribution in [1.82, 2.24) is 10.2 Å². The second-order valence-corrected chi connectivity index (χ2v) is 5.20. The summed E-state index contributed by atoms with van der Waals surface area (Å²) >= 11 is 3.34. The summed E-state index contributed by atoms with van der Waals surface area (Å²) in [6, 6.07) is 6.92. The van der Waals surface area contributed by atoms with Crippen LogP contribution in [0.5, 0.6) is 0 Å². The Morgan fingerprint density at radius 1 is 1.45 bits per heavy atom. The Balaban J connectivity index is 2.69. The molecule has 0 aliphatic rings. The van der Waals surface area contributed by atoms with Crippen molar-refractivity contribution in [3.63, 3.8) is 0 Å². The molecule has 0 heterocycles. The van der Waals surface area contributed by atoms with Crippen LogP contribution in [0.15, 0.2) is 41.4 Å². The molecule has 1 atom stereocenters. The highest BCUT2D eigenvalue weighted by molar-refractivity contribution is 9.10. The highest BCUT2D eigenvalue weighted by Crippen LogP contribution is 2.16. The Bertz CT molecular complexity index is 488. The monoisotopic (exact) mass is 340 g/mol. The molecule has 2 amide bonds. The van der Waals surface area contributed by atoms with Crippen LogP contribution in [0.25, 0.3) is 0 Å². The minimum Gasteiger partial charge on any atom is -0.480 e. The van der Waals surface area contributed by atoms with Crippen molar-refractivity contribution in [3.8, 4) is 0 Å². The van der Waals surface area contributed by atoms with E-state index in [-0.39, 0.29) is 19.1 Å². The van der Waals surface area contributed by atoms with Gasteiger partial charge in [0, 0.05) is 11.0 Å². The first-order chi connectivity index (χ1) is 9.43. The third-order valence-corrected chi connectivity index (χ3v) is 3.20. The molecule has 0 radical (unpaired) electrons. The second-order valence-electron chi connectivity index (χ2n) is 4.29. The predicted molar refractivity (Wildman–Crippen MR) is 80.5 cm³/mol. The van der Waals surface area contributed by atoms with Gasteiger partial charge in [0.05, 0.1) is 6.04 Å². The number of carboxylic acid groups (broad SMARTS) is 1. The topological polar surface area (TPSA) is 69.6 Å². The summed E-state index contributed by atoms with van der Waals surface area (Å²) in [6.07, 6.45) is 1.49. The Kier molecular flexibility index (Phi) is 6.24. The number of carboxylic acids is 1. The van der Waals surface area contributed by atoms with Crippen LogP contribution in [0, 0.1) is 0 Å². The van der Waals surface area contributed by atoms with Crippen LogP contribution in [-0.4, -0.2) is 35.1 Å². The standard InChI is InChI=1S/C14H17BrN2O3/c1-3-8-17(9-13(18)19)14(20)16-10(2)11-4-6-12(15)7-5-11/h3-7,10H,1,8-9H2,2H3,(H,16,20)(H,18,19). The molecule has 0 aromatic heterocycles. The van der Waals surface area contributed by atoms with Gasteiger partial charge in [0.15, 0.2) is 0 Å². The van der Waals surface area contributed by atoms with Gasteiger partial charge in [0.25, 0.3) is 0 Å². The molecule has 0 saturated carbocycles. The van der Waals surface area contributed by atoms with Crippen LogP contribution in [0.2, 0.25) is 0 Å². The minimum atomic E-state index is -1.06. The summed E-state index contributed by atoms with van der Waals surface area (Å²) in [5, 5.41) is 11.5. The lowest BCUT2D eigenvalue weighted by Crippen LogP contribution is -2.43. The number of hydrogen-bond donors (Lipinski definition) is 2. The zero-order chi connectivity index (χ0) is 15.1. The van der Waals surface area contributed by atoms with Crippen molar-refractivity contribution in [2.24, 2.45) is 0 Å². The average Bonchev–Trinajstić information content (AvgIpc) is 2.38. The molecule has 2 N–H and O–H groups in total. The van der Waals surface area contributed by atoms with Gasteiger partial charge in [-0.15, -0.1) is 6.58 Å². The normalized spacial score (nSPS) is 11.5. The first-order valence-electron chi connectivity index (χ1n) is 6.07. The molecule has 108 valence electrons. The Labute approximate surface area is 126 Å². The number of carbonyl (C=O) groups is 2. The number of benzene rings is 1. The number of rotatable bonds is 6. The predicted octanol–water partition coefficient (Wildman–Crippen LogP) is 2.79. The van der Waals surface area contributed by atoms with Crippen LogP contribution >= 0.6 is 15.9 Å². The van der Waals surface area contributed by atoms with Gasteiger partial charge in [-0.1, -0.05) is 34.1 Å². The molecule has 0 aliphatic heterocycles. The largest absolute Gasteiger partial charge is 0.480 e. The molecule has 0 bridgehead atoms. The number of nitrogens with one attached hydrogen (secondary N) is 1. The highest BCUT2D eigenvalue weighted by atomic mass is 79.9. The lowest BCUT2D eigenvalue weighted by Gasteiger charge is -2.22. The third-order valence-electron chi connectivity index (χ3n) is 2.67. The van der Waals surface area contributed by atoms with Crippen LogP contribution in [-0.2, 0) is 4.79 Å². The van der Waals surface area contributed by atoms with E-state index in [1.165, 1.54) is 11.0 Å². The van der Waals surface area contributed by atoms with E-state index in [9.17, 15) is 9.59 Å². The van der Waals surface area contributed by atoms with Crippen LogP contribution in [0.4, 0.5) is 4.79 Å². The fraction of sp³-hybridized carbons (Fsp3) is 0.286. The number of urea groups is 1. The molecule has 20 heavy (non-hydrogen) atoms. The first kappa shape index (κ1) is 16.2. The molecule has 0 saturated heterocycles.